The number of nitrogens with two attached hydrogens (primary N) is 1. The van der Waals surface area contributed by atoms with Crippen LogP contribution in [0.1, 0.15) is 19.4 Å². The van der Waals surface area contributed by atoms with E-state index in [0.717, 1.165) is 12.1 Å². The number of hydrogen-bond donors (Lipinski definition) is 2. The van der Waals surface area contributed by atoms with E-state index in [-0.39, 0.29) is 11.0 Å². The fourth-order valence-corrected chi connectivity index (χ4v) is 3.18. The van der Waals surface area contributed by atoms with Gasteiger partial charge in [-0.1, -0.05) is 15.9 Å². The highest BCUT2D eigenvalue weighted by Gasteiger charge is 2.32. The van der Waals surface area contributed by atoms with E-state index >= 15 is 0 Å². The number of rotatable bonds is 4. The molecule has 4 nitrogen and oxygen atoms in total. The molecule has 20 heavy (non-hydrogen) atoms. The third-order valence-corrected chi connectivity index (χ3v) is 4.07. The zero-order valence-corrected chi connectivity index (χ0v) is 13.2. The summed E-state index contributed by atoms with van der Waals surface area (Å²) >= 11 is 2.87. The highest BCUT2D eigenvalue weighted by atomic mass is 79.9. The smallest absolute Gasteiger partial charge is 0.324 e. The average molecular weight is 375 g/mol. The highest BCUT2D eigenvalue weighted by Crippen LogP contribution is 2.33. The summed E-state index contributed by atoms with van der Waals surface area (Å²) in [6.45, 7) is 3.10. The molecule has 3 N–H and O–H groups in total. The van der Waals surface area contributed by atoms with Crippen molar-refractivity contribution in [2.75, 3.05) is 6.54 Å². The van der Waals surface area contributed by atoms with Crippen LogP contribution in [0.2, 0.25) is 0 Å². The monoisotopic (exact) mass is 374 g/mol. The Labute approximate surface area is 123 Å². The number of alkyl halides is 3. The van der Waals surface area contributed by atoms with Gasteiger partial charge in [0, 0.05) is 16.6 Å². The second-order valence-corrected chi connectivity index (χ2v) is 7.67. The Hall–Kier alpha value is -0.640. The van der Waals surface area contributed by atoms with Crippen LogP contribution < -0.4 is 10.5 Å². The van der Waals surface area contributed by atoms with Crippen molar-refractivity contribution in [2.45, 2.75) is 30.5 Å². The predicted molar refractivity (Wildman–Crippen MR) is 72.6 cm³/mol. The van der Waals surface area contributed by atoms with Crippen molar-refractivity contribution < 1.29 is 21.6 Å². The van der Waals surface area contributed by atoms with Crippen molar-refractivity contribution in [2.24, 2.45) is 5.73 Å². The lowest BCUT2D eigenvalue weighted by Gasteiger charge is -2.19. The van der Waals surface area contributed by atoms with Crippen molar-refractivity contribution in [1.82, 2.24) is 4.72 Å². The van der Waals surface area contributed by atoms with Crippen LogP contribution in [0.4, 0.5) is 13.2 Å². The Morgan fingerprint density at radius 2 is 1.80 bits per heavy atom. The lowest BCUT2D eigenvalue weighted by atomic mass is 10.1. The van der Waals surface area contributed by atoms with E-state index in [4.69, 9.17) is 5.73 Å². The minimum Gasteiger partial charge on any atom is -0.324 e. The lowest BCUT2D eigenvalue weighted by molar-refractivity contribution is -0.137. The zero-order chi connectivity index (χ0) is 15.8. The van der Waals surface area contributed by atoms with Crippen molar-refractivity contribution >= 4 is 26.0 Å². The Morgan fingerprint density at radius 1 is 1.25 bits per heavy atom. The molecule has 0 aliphatic heterocycles. The van der Waals surface area contributed by atoms with Crippen LogP contribution in [0.15, 0.2) is 27.6 Å². The maximum Gasteiger partial charge on any atom is 0.416 e. The fourth-order valence-electron chi connectivity index (χ4n) is 1.25. The Kier molecular flexibility index (Phi) is 4.90. The van der Waals surface area contributed by atoms with Gasteiger partial charge in [0.2, 0.25) is 10.0 Å². The van der Waals surface area contributed by atoms with E-state index in [9.17, 15) is 21.6 Å². The lowest BCUT2D eigenvalue weighted by Crippen LogP contribution is -2.45. The summed E-state index contributed by atoms with van der Waals surface area (Å²) in [7, 11) is -4.06. The number of sulfonamides is 1. The summed E-state index contributed by atoms with van der Waals surface area (Å²) < 4.78 is 64.1. The molecular weight excluding hydrogens is 361 g/mol. The van der Waals surface area contributed by atoms with Crippen LogP contribution >= 0.6 is 15.9 Å². The van der Waals surface area contributed by atoms with Crippen LogP contribution in [0.5, 0.6) is 0 Å². The number of halogens is 4. The zero-order valence-electron chi connectivity index (χ0n) is 10.8. The third kappa shape index (κ3) is 5.04. The van der Waals surface area contributed by atoms with E-state index in [1.807, 2.05) is 0 Å². The van der Waals surface area contributed by atoms with Crippen molar-refractivity contribution in [1.29, 1.82) is 0 Å². The molecule has 1 aromatic rings. The molecule has 1 aromatic carbocycles. The molecule has 114 valence electrons. The van der Waals surface area contributed by atoms with Gasteiger partial charge in [-0.05, 0) is 32.0 Å². The topological polar surface area (TPSA) is 72.2 Å². The summed E-state index contributed by atoms with van der Waals surface area (Å²) in [5.41, 5.74) is 3.78. The van der Waals surface area contributed by atoms with Crippen LogP contribution in [0.3, 0.4) is 0 Å². The summed E-state index contributed by atoms with van der Waals surface area (Å²) in [5, 5.41) is 0. The summed E-state index contributed by atoms with van der Waals surface area (Å²) in [5.74, 6) is 0. The van der Waals surface area contributed by atoms with Gasteiger partial charge in [-0.25, -0.2) is 13.1 Å². The quantitative estimate of drug-likeness (QED) is 0.850. The highest BCUT2D eigenvalue weighted by molar-refractivity contribution is 9.10. The molecule has 9 heteroatoms. The molecule has 0 fully saturated rings. The van der Waals surface area contributed by atoms with Crippen molar-refractivity contribution in [3.05, 3.63) is 28.2 Å². The largest absolute Gasteiger partial charge is 0.416 e. The van der Waals surface area contributed by atoms with Crippen LogP contribution in [0, 0.1) is 0 Å². The first-order chi connectivity index (χ1) is 8.81. The second-order valence-electron chi connectivity index (χ2n) is 4.99. The molecule has 0 unspecified atom stereocenters. The molecule has 0 spiro atoms. The van der Waals surface area contributed by atoms with Gasteiger partial charge in [-0.15, -0.1) is 0 Å². The molecule has 0 bridgehead atoms. The van der Waals surface area contributed by atoms with E-state index in [1.54, 1.807) is 13.8 Å². The van der Waals surface area contributed by atoms with Gasteiger partial charge in [-0.2, -0.15) is 13.2 Å². The van der Waals surface area contributed by atoms with Crippen LogP contribution in [-0.2, 0) is 16.2 Å². The molecular formula is C11H14BrF3N2O2S. The molecule has 0 saturated carbocycles. The van der Waals surface area contributed by atoms with E-state index in [1.165, 1.54) is 0 Å². The molecule has 0 amide bonds. The van der Waals surface area contributed by atoms with Gasteiger partial charge in [0.25, 0.3) is 0 Å². The van der Waals surface area contributed by atoms with Crippen LogP contribution in [0.25, 0.3) is 0 Å². The maximum absolute atomic E-state index is 12.7. The first kappa shape index (κ1) is 17.4. The SMILES string of the molecule is CC(C)(N)CNS(=O)(=O)c1cc(Br)cc(C(F)(F)F)c1. The minimum atomic E-state index is -4.62. The number of benzene rings is 1. The van der Waals surface area contributed by atoms with Gasteiger partial charge in [0.15, 0.2) is 0 Å². The molecule has 0 aliphatic rings. The number of hydrogen-bond acceptors (Lipinski definition) is 3. The molecule has 0 heterocycles. The first-order valence-electron chi connectivity index (χ1n) is 5.48. The minimum absolute atomic E-state index is 0.0275. The normalized spacial score (nSPS) is 13.6. The summed E-state index contributed by atoms with van der Waals surface area (Å²) in [6.07, 6.45) is -4.62. The summed E-state index contributed by atoms with van der Waals surface area (Å²) in [6, 6.07) is 2.49. The molecule has 1 rings (SSSR count). The number of nitrogens with one attached hydrogen (secondary N) is 1. The van der Waals surface area contributed by atoms with Crippen LogP contribution in [-0.4, -0.2) is 20.5 Å². The maximum atomic E-state index is 12.7. The van der Waals surface area contributed by atoms with Gasteiger partial charge < -0.3 is 5.73 Å². The van der Waals surface area contributed by atoms with E-state index in [2.05, 4.69) is 20.7 Å². The molecule has 0 radical (unpaired) electrons. The van der Waals surface area contributed by atoms with Crippen molar-refractivity contribution in [3.63, 3.8) is 0 Å². The van der Waals surface area contributed by atoms with Gasteiger partial charge in [0.1, 0.15) is 0 Å². The molecule has 0 atom stereocenters. The second kappa shape index (κ2) is 5.63. The van der Waals surface area contributed by atoms with Gasteiger partial charge >= 0.3 is 6.18 Å². The van der Waals surface area contributed by atoms with Gasteiger partial charge in [-0.3, -0.25) is 0 Å². The average Bonchev–Trinajstić information content (AvgIpc) is 2.23. The Balaban J connectivity index is 3.16. The fraction of sp³-hybridized carbons (Fsp3) is 0.455. The molecule has 0 aliphatic carbocycles. The van der Waals surface area contributed by atoms with E-state index < -0.39 is 32.2 Å². The molecule has 0 saturated heterocycles. The molecule has 0 aromatic heterocycles. The summed E-state index contributed by atoms with van der Waals surface area (Å²) in [4.78, 5) is -0.469. The first-order valence-corrected chi connectivity index (χ1v) is 7.75. The Bertz CT molecular complexity index is 595. The Morgan fingerprint density at radius 3 is 2.25 bits per heavy atom. The van der Waals surface area contributed by atoms with E-state index in [0.29, 0.717) is 6.07 Å². The van der Waals surface area contributed by atoms with Gasteiger partial charge in [0.05, 0.1) is 10.5 Å². The predicted octanol–water partition coefficient (Wildman–Crippen LogP) is 2.48. The standard InChI is InChI=1S/C11H14BrF3N2O2S/c1-10(2,16)6-17-20(18,19)9-4-7(11(13,14)15)3-8(12)5-9/h3-5,17H,6,16H2,1-2H3. The van der Waals surface area contributed by atoms with Crippen molar-refractivity contribution in [3.8, 4) is 0 Å². The third-order valence-electron chi connectivity index (χ3n) is 2.23.